The molecule has 17 heavy (non-hydrogen) atoms. The summed E-state index contributed by atoms with van der Waals surface area (Å²) < 4.78 is 0. The zero-order valence-electron chi connectivity index (χ0n) is 10.4. The second-order valence-corrected chi connectivity index (χ2v) is 5.37. The normalized spacial score (nSPS) is 19.7. The first kappa shape index (κ1) is 11.8. The molecule has 1 aliphatic rings. The highest BCUT2D eigenvalue weighted by Crippen LogP contribution is 2.32. The van der Waals surface area contributed by atoms with Crippen LogP contribution in [0.4, 0.5) is 5.82 Å². The topological polar surface area (TPSA) is 58.1 Å². The Morgan fingerprint density at radius 3 is 2.82 bits per heavy atom. The number of rotatable bonds is 2. The third-order valence-electron chi connectivity index (χ3n) is 2.74. The number of aliphatic imine (C=N–C) groups is 1. The fourth-order valence-electron chi connectivity index (χ4n) is 2.10. The third-order valence-corrected chi connectivity index (χ3v) is 2.74. The van der Waals surface area contributed by atoms with Crippen LogP contribution in [0.5, 0.6) is 0 Å². The molecule has 0 saturated heterocycles. The first-order chi connectivity index (χ1) is 7.94. The number of aromatic amines is 1. The van der Waals surface area contributed by atoms with E-state index in [2.05, 4.69) is 29.0 Å². The van der Waals surface area contributed by atoms with Crippen molar-refractivity contribution < 1.29 is 4.79 Å². The zero-order valence-corrected chi connectivity index (χ0v) is 10.4. The molecule has 1 N–H and O–H groups in total. The highest BCUT2D eigenvalue weighted by atomic mass is 16.1. The lowest BCUT2D eigenvalue weighted by atomic mass is 9.77. The molecular formula is C13H17N3O. The standard InChI is InChI=1S/C13H17N3O/c1-9-4-12(16-15-9)14-8-10-5-11(17)7-13(2,3)6-10/h4-5,8H,6-7H2,1-3H3,(H,15,16). The van der Waals surface area contributed by atoms with Gasteiger partial charge in [0.25, 0.3) is 0 Å². The van der Waals surface area contributed by atoms with Crippen molar-refractivity contribution in [1.82, 2.24) is 10.2 Å². The maximum atomic E-state index is 11.5. The summed E-state index contributed by atoms with van der Waals surface area (Å²) in [5.41, 5.74) is 1.99. The third kappa shape index (κ3) is 3.12. The van der Waals surface area contributed by atoms with Crippen LogP contribution in [0.2, 0.25) is 0 Å². The van der Waals surface area contributed by atoms with E-state index < -0.39 is 0 Å². The summed E-state index contributed by atoms with van der Waals surface area (Å²) in [6.07, 6.45) is 4.93. The number of ketones is 1. The zero-order chi connectivity index (χ0) is 12.5. The van der Waals surface area contributed by atoms with Gasteiger partial charge in [0.2, 0.25) is 0 Å². The Bertz CT molecular complexity index is 495. The molecule has 1 aromatic heterocycles. The van der Waals surface area contributed by atoms with Crippen LogP contribution in [0.15, 0.2) is 22.7 Å². The fraction of sp³-hybridized carbons (Fsp3) is 0.462. The number of allylic oxidation sites excluding steroid dienone is 2. The summed E-state index contributed by atoms with van der Waals surface area (Å²) in [4.78, 5) is 15.8. The smallest absolute Gasteiger partial charge is 0.173 e. The molecule has 2 rings (SSSR count). The van der Waals surface area contributed by atoms with Gasteiger partial charge in [0, 0.05) is 24.4 Å². The summed E-state index contributed by atoms with van der Waals surface area (Å²) in [6.45, 7) is 6.13. The average molecular weight is 231 g/mol. The van der Waals surface area contributed by atoms with Crippen LogP contribution in [-0.2, 0) is 4.79 Å². The van der Waals surface area contributed by atoms with Crippen LogP contribution < -0.4 is 0 Å². The molecular weight excluding hydrogens is 214 g/mol. The van der Waals surface area contributed by atoms with Gasteiger partial charge in [-0.2, -0.15) is 5.10 Å². The van der Waals surface area contributed by atoms with Gasteiger partial charge in [-0.1, -0.05) is 13.8 Å². The van der Waals surface area contributed by atoms with Crippen LogP contribution in [-0.4, -0.2) is 22.2 Å². The van der Waals surface area contributed by atoms with E-state index in [1.165, 1.54) is 0 Å². The van der Waals surface area contributed by atoms with E-state index >= 15 is 0 Å². The van der Waals surface area contributed by atoms with Gasteiger partial charge in [0.05, 0.1) is 0 Å². The molecule has 0 aromatic carbocycles. The number of carbonyl (C=O) groups is 1. The molecule has 0 atom stereocenters. The van der Waals surface area contributed by atoms with Crippen LogP contribution in [0.3, 0.4) is 0 Å². The summed E-state index contributed by atoms with van der Waals surface area (Å²) >= 11 is 0. The Morgan fingerprint density at radius 1 is 1.47 bits per heavy atom. The molecule has 0 fully saturated rings. The highest BCUT2D eigenvalue weighted by molar-refractivity contribution is 5.98. The monoisotopic (exact) mass is 231 g/mol. The number of nitrogens with one attached hydrogen (secondary N) is 1. The second-order valence-electron chi connectivity index (χ2n) is 5.37. The van der Waals surface area contributed by atoms with Crippen molar-refractivity contribution >= 4 is 17.8 Å². The molecule has 1 heterocycles. The van der Waals surface area contributed by atoms with Crippen LogP contribution >= 0.6 is 0 Å². The predicted octanol–water partition coefficient (Wildman–Crippen LogP) is 2.74. The number of aryl methyl sites for hydroxylation is 1. The summed E-state index contributed by atoms with van der Waals surface area (Å²) in [5.74, 6) is 0.833. The first-order valence-corrected chi connectivity index (χ1v) is 5.74. The Morgan fingerprint density at radius 2 is 2.24 bits per heavy atom. The molecule has 0 amide bonds. The molecule has 4 nitrogen and oxygen atoms in total. The van der Waals surface area contributed by atoms with E-state index in [9.17, 15) is 4.79 Å². The van der Waals surface area contributed by atoms with E-state index in [0.29, 0.717) is 12.2 Å². The Hall–Kier alpha value is -1.71. The number of carbonyl (C=O) groups excluding carboxylic acids is 1. The molecule has 1 aromatic rings. The van der Waals surface area contributed by atoms with Crippen LogP contribution in [0.25, 0.3) is 0 Å². The Balaban J connectivity index is 2.13. The molecule has 0 bridgehead atoms. The molecule has 0 unspecified atom stereocenters. The Kier molecular flexibility index (Phi) is 2.96. The fourth-order valence-corrected chi connectivity index (χ4v) is 2.10. The molecule has 0 aliphatic heterocycles. The van der Waals surface area contributed by atoms with Gasteiger partial charge in [-0.25, -0.2) is 4.99 Å². The summed E-state index contributed by atoms with van der Waals surface area (Å²) in [7, 11) is 0. The van der Waals surface area contributed by atoms with E-state index in [1.807, 2.05) is 13.0 Å². The van der Waals surface area contributed by atoms with Gasteiger partial charge in [-0.05, 0) is 30.4 Å². The lowest BCUT2D eigenvalue weighted by Crippen LogP contribution is -2.22. The molecule has 4 heteroatoms. The van der Waals surface area contributed by atoms with Gasteiger partial charge in [-0.15, -0.1) is 0 Å². The van der Waals surface area contributed by atoms with Gasteiger partial charge < -0.3 is 0 Å². The van der Waals surface area contributed by atoms with Crippen LogP contribution in [0.1, 0.15) is 32.4 Å². The van der Waals surface area contributed by atoms with E-state index in [1.54, 1.807) is 12.3 Å². The number of aromatic nitrogens is 2. The van der Waals surface area contributed by atoms with E-state index in [-0.39, 0.29) is 11.2 Å². The van der Waals surface area contributed by atoms with Crippen LogP contribution in [0, 0.1) is 12.3 Å². The number of hydrogen-bond acceptors (Lipinski definition) is 3. The largest absolute Gasteiger partial charge is 0.295 e. The van der Waals surface area contributed by atoms with Crippen molar-refractivity contribution in [1.29, 1.82) is 0 Å². The van der Waals surface area contributed by atoms with E-state index in [4.69, 9.17) is 0 Å². The van der Waals surface area contributed by atoms with Gasteiger partial charge in [0.1, 0.15) is 0 Å². The van der Waals surface area contributed by atoms with Crippen molar-refractivity contribution in [2.75, 3.05) is 0 Å². The minimum Gasteiger partial charge on any atom is -0.295 e. The summed E-state index contributed by atoms with van der Waals surface area (Å²) in [6, 6.07) is 1.87. The predicted molar refractivity (Wildman–Crippen MR) is 67.6 cm³/mol. The SMILES string of the molecule is Cc1cc(N=CC2=CC(=O)CC(C)(C)C2)n[nH]1. The van der Waals surface area contributed by atoms with Gasteiger partial charge in [0.15, 0.2) is 11.6 Å². The van der Waals surface area contributed by atoms with Gasteiger partial charge in [-0.3, -0.25) is 9.89 Å². The lowest BCUT2D eigenvalue weighted by molar-refractivity contribution is -0.116. The van der Waals surface area contributed by atoms with Crippen molar-refractivity contribution in [2.45, 2.75) is 33.6 Å². The molecule has 0 saturated carbocycles. The lowest BCUT2D eigenvalue weighted by Gasteiger charge is -2.27. The highest BCUT2D eigenvalue weighted by Gasteiger charge is 2.26. The molecule has 0 spiro atoms. The maximum absolute atomic E-state index is 11.5. The van der Waals surface area contributed by atoms with Gasteiger partial charge >= 0.3 is 0 Å². The Labute approximate surface area is 101 Å². The first-order valence-electron chi connectivity index (χ1n) is 5.74. The molecule has 1 aliphatic carbocycles. The minimum atomic E-state index is 0.0364. The minimum absolute atomic E-state index is 0.0364. The average Bonchev–Trinajstić information content (AvgIpc) is 2.58. The van der Waals surface area contributed by atoms with Crippen molar-refractivity contribution in [3.05, 3.63) is 23.4 Å². The van der Waals surface area contributed by atoms with Crippen molar-refractivity contribution in [3.63, 3.8) is 0 Å². The molecule has 90 valence electrons. The number of H-pyrrole nitrogens is 1. The maximum Gasteiger partial charge on any atom is 0.173 e. The molecule has 0 radical (unpaired) electrons. The van der Waals surface area contributed by atoms with E-state index in [0.717, 1.165) is 17.7 Å². The van der Waals surface area contributed by atoms with Crippen molar-refractivity contribution in [3.8, 4) is 0 Å². The second kappa shape index (κ2) is 4.28. The summed E-state index contributed by atoms with van der Waals surface area (Å²) in [5, 5.41) is 6.85. The number of nitrogens with zero attached hydrogens (tertiary/aromatic N) is 2. The van der Waals surface area contributed by atoms with Crippen molar-refractivity contribution in [2.24, 2.45) is 10.4 Å². The quantitative estimate of drug-likeness (QED) is 0.795. The number of hydrogen-bond donors (Lipinski definition) is 1.